The van der Waals surface area contributed by atoms with Crippen molar-refractivity contribution in [1.29, 1.82) is 0 Å². The SMILES string of the molecule is CC/C(=C\C(C)(C)N1CCCC[C@H]1C(=O)O)C(F)(F)F. The quantitative estimate of drug-likeness (QED) is 0.805. The van der Waals surface area contributed by atoms with Crippen LogP contribution in [0.25, 0.3) is 0 Å². The van der Waals surface area contributed by atoms with Crippen molar-refractivity contribution in [3.8, 4) is 0 Å². The summed E-state index contributed by atoms with van der Waals surface area (Å²) in [7, 11) is 0. The Morgan fingerprint density at radius 2 is 1.95 bits per heavy atom. The Morgan fingerprint density at radius 3 is 2.40 bits per heavy atom. The Balaban J connectivity index is 3.06. The molecule has 116 valence electrons. The highest BCUT2D eigenvalue weighted by Gasteiger charge is 2.40. The first kappa shape index (κ1) is 17.0. The van der Waals surface area contributed by atoms with E-state index in [2.05, 4.69) is 0 Å². The molecule has 0 amide bonds. The van der Waals surface area contributed by atoms with Crippen LogP contribution in [0.4, 0.5) is 13.2 Å². The van der Waals surface area contributed by atoms with Crippen molar-refractivity contribution in [3.05, 3.63) is 11.6 Å². The van der Waals surface area contributed by atoms with Crippen LogP contribution in [-0.4, -0.2) is 40.3 Å². The van der Waals surface area contributed by atoms with Gasteiger partial charge in [0.2, 0.25) is 0 Å². The Hall–Kier alpha value is -1.04. The maximum absolute atomic E-state index is 12.9. The number of hydrogen-bond acceptors (Lipinski definition) is 2. The summed E-state index contributed by atoms with van der Waals surface area (Å²) in [6.45, 7) is 5.26. The molecule has 1 fully saturated rings. The lowest BCUT2D eigenvalue weighted by molar-refractivity contribution is -0.146. The lowest BCUT2D eigenvalue weighted by Crippen LogP contribution is -2.54. The molecule has 3 nitrogen and oxygen atoms in total. The number of aliphatic carboxylic acids is 1. The second-order valence-corrected chi connectivity index (χ2v) is 5.72. The molecule has 0 saturated carbocycles. The van der Waals surface area contributed by atoms with Crippen molar-refractivity contribution in [2.75, 3.05) is 6.54 Å². The normalized spacial score (nSPS) is 22.9. The summed E-state index contributed by atoms with van der Waals surface area (Å²) in [5.74, 6) is -0.962. The summed E-state index contributed by atoms with van der Waals surface area (Å²) in [5.41, 5.74) is -1.53. The van der Waals surface area contributed by atoms with Gasteiger partial charge >= 0.3 is 12.1 Å². The summed E-state index contributed by atoms with van der Waals surface area (Å²) < 4.78 is 38.6. The van der Waals surface area contributed by atoms with E-state index in [9.17, 15) is 23.1 Å². The Bertz CT molecular complexity index is 388. The minimum Gasteiger partial charge on any atom is -0.480 e. The molecule has 0 aromatic rings. The van der Waals surface area contributed by atoms with Gasteiger partial charge in [0, 0.05) is 11.1 Å². The van der Waals surface area contributed by atoms with Gasteiger partial charge in [-0.05, 0) is 39.7 Å². The van der Waals surface area contributed by atoms with Gasteiger partial charge < -0.3 is 5.11 Å². The van der Waals surface area contributed by atoms with Crippen molar-refractivity contribution in [1.82, 2.24) is 4.90 Å². The smallest absolute Gasteiger partial charge is 0.412 e. The summed E-state index contributed by atoms with van der Waals surface area (Å²) >= 11 is 0. The molecule has 6 heteroatoms. The highest BCUT2D eigenvalue weighted by molar-refractivity contribution is 5.73. The molecular formula is C14H22F3NO2. The van der Waals surface area contributed by atoms with Crippen LogP contribution in [-0.2, 0) is 4.79 Å². The zero-order valence-electron chi connectivity index (χ0n) is 12.1. The molecule has 1 heterocycles. The molecule has 1 rings (SSSR count). The first-order chi connectivity index (χ1) is 9.09. The average Bonchev–Trinajstić information content (AvgIpc) is 2.34. The van der Waals surface area contributed by atoms with Gasteiger partial charge in [0.15, 0.2) is 0 Å². The molecule has 0 aliphatic carbocycles. The summed E-state index contributed by atoms with van der Waals surface area (Å²) in [5, 5.41) is 9.24. The second-order valence-electron chi connectivity index (χ2n) is 5.72. The summed E-state index contributed by atoms with van der Waals surface area (Å²) in [4.78, 5) is 12.9. The molecule has 20 heavy (non-hydrogen) atoms. The maximum atomic E-state index is 12.9. The second kappa shape index (κ2) is 6.16. The zero-order chi connectivity index (χ0) is 15.6. The van der Waals surface area contributed by atoms with Crippen molar-refractivity contribution < 1.29 is 23.1 Å². The lowest BCUT2D eigenvalue weighted by atomic mass is 9.91. The number of alkyl halides is 3. The van der Waals surface area contributed by atoms with Gasteiger partial charge in [-0.3, -0.25) is 9.69 Å². The molecule has 0 aromatic heterocycles. The molecule has 0 bridgehead atoms. The molecule has 1 aliphatic rings. The fourth-order valence-corrected chi connectivity index (χ4v) is 2.77. The van der Waals surface area contributed by atoms with Crippen LogP contribution in [0.2, 0.25) is 0 Å². The molecule has 1 saturated heterocycles. The maximum Gasteiger partial charge on any atom is 0.412 e. The first-order valence-corrected chi connectivity index (χ1v) is 6.88. The molecule has 1 N–H and O–H groups in total. The number of rotatable bonds is 4. The topological polar surface area (TPSA) is 40.5 Å². The average molecular weight is 293 g/mol. The predicted molar refractivity (Wildman–Crippen MR) is 70.5 cm³/mol. The number of hydrogen-bond donors (Lipinski definition) is 1. The number of piperidine rings is 1. The lowest BCUT2D eigenvalue weighted by Gasteiger charge is -2.43. The third-order valence-corrected chi connectivity index (χ3v) is 3.80. The van der Waals surface area contributed by atoms with Gasteiger partial charge in [0.1, 0.15) is 6.04 Å². The fraction of sp³-hybridized carbons (Fsp3) is 0.786. The summed E-state index contributed by atoms with van der Waals surface area (Å²) in [6.07, 6.45) is -1.20. The van der Waals surface area contributed by atoms with Crippen molar-refractivity contribution >= 4 is 5.97 Å². The van der Waals surface area contributed by atoms with E-state index < -0.39 is 29.3 Å². The highest BCUT2D eigenvalue weighted by atomic mass is 19.4. The molecule has 1 aliphatic heterocycles. The van der Waals surface area contributed by atoms with E-state index >= 15 is 0 Å². The van der Waals surface area contributed by atoms with Crippen LogP contribution >= 0.6 is 0 Å². The van der Waals surface area contributed by atoms with Gasteiger partial charge in [-0.15, -0.1) is 0 Å². The number of halogens is 3. The molecule has 0 unspecified atom stereocenters. The van der Waals surface area contributed by atoms with Crippen LogP contribution < -0.4 is 0 Å². The molecule has 0 spiro atoms. The van der Waals surface area contributed by atoms with E-state index in [1.165, 1.54) is 13.0 Å². The van der Waals surface area contributed by atoms with Gasteiger partial charge in [-0.2, -0.15) is 13.2 Å². The molecule has 0 radical (unpaired) electrons. The zero-order valence-corrected chi connectivity index (χ0v) is 12.1. The Kier molecular flexibility index (Phi) is 5.24. The van der Waals surface area contributed by atoms with Crippen LogP contribution in [0.5, 0.6) is 0 Å². The Labute approximate surface area is 117 Å². The third kappa shape index (κ3) is 3.98. The Morgan fingerprint density at radius 1 is 1.35 bits per heavy atom. The van der Waals surface area contributed by atoms with Gasteiger partial charge in [0.25, 0.3) is 0 Å². The standard InChI is InChI=1S/C14H22F3NO2/c1-4-10(14(15,16)17)9-13(2,3)18-8-6-5-7-11(18)12(19)20/h9,11H,4-8H2,1-3H3,(H,19,20)/b10-9+/t11-/m0/s1. The molecule has 1 atom stereocenters. The largest absolute Gasteiger partial charge is 0.480 e. The van der Waals surface area contributed by atoms with Gasteiger partial charge in [-0.25, -0.2) is 0 Å². The number of nitrogens with zero attached hydrogens (tertiary/aromatic N) is 1. The van der Waals surface area contributed by atoms with E-state index in [1.54, 1.807) is 18.7 Å². The number of carbonyl (C=O) groups is 1. The first-order valence-electron chi connectivity index (χ1n) is 6.88. The molecule has 0 aromatic carbocycles. The van der Waals surface area contributed by atoms with E-state index in [-0.39, 0.29) is 6.42 Å². The van der Waals surface area contributed by atoms with Crippen molar-refractivity contribution in [2.24, 2.45) is 0 Å². The fourth-order valence-electron chi connectivity index (χ4n) is 2.77. The number of carboxylic acid groups (broad SMARTS) is 1. The van der Waals surface area contributed by atoms with Crippen molar-refractivity contribution in [3.63, 3.8) is 0 Å². The minimum atomic E-state index is -4.36. The monoisotopic (exact) mass is 293 g/mol. The van der Waals surface area contributed by atoms with Crippen LogP contribution in [0, 0.1) is 0 Å². The van der Waals surface area contributed by atoms with Gasteiger partial charge in [-0.1, -0.05) is 19.4 Å². The number of allylic oxidation sites excluding steroid dienone is 1. The molecular weight excluding hydrogens is 271 g/mol. The van der Waals surface area contributed by atoms with Gasteiger partial charge in [0.05, 0.1) is 0 Å². The van der Waals surface area contributed by atoms with E-state index in [0.717, 1.165) is 12.8 Å². The van der Waals surface area contributed by atoms with Crippen LogP contribution in [0.1, 0.15) is 46.5 Å². The van der Waals surface area contributed by atoms with Crippen LogP contribution in [0.3, 0.4) is 0 Å². The van der Waals surface area contributed by atoms with E-state index in [4.69, 9.17) is 0 Å². The van der Waals surface area contributed by atoms with E-state index in [0.29, 0.717) is 13.0 Å². The highest BCUT2D eigenvalue weighted by Crippen LogP contribution is 2.33. The number of likely N-dealkylation sites (tertiary alicyclic amines) is 1. The minimum absolute atomic E-state index is 0.113. The van der Waals surface area contributed by atoms with Crippen LogP contribution in [0.15, 0.2) is 11.6 Å². The van der Waals surface area contributed by atoms with E-state index in [1.807, 2.05) is 0 Å². The number of carboxylic acids is 1. The summed E-state index contributed by atoms with van der Waals surface area (Å²) in [6, 6.07) is -0.707. The third-order valence-electron chi connectivity index (χ3n) is 3.80. The van der Waals surface area contributed by atoms with Crippen molar-refractivity contribution in [2.45, 2.75) is 64.2 Å². The predicted octanol–water partition coefficient (Wildman–Crippen LogP) is 3.60.